The highest BCUT2D eigenvalue weighted by atomic mass is 15.3. The number of nitrogens with zero attached hydrogens (tertiary/aromatic N) is 2. The first-order valence-electron chi connectivity index (χ1n) is 9.53. The molecule has 1 aromatic rings. The normalized spacial score (nSPS) is 31.6. The van der Waals surface area contributed by atoms with Gasteiger partial charge in [0.05, 0.1) is 0 Å². The maximum Gasteiger partial charge on any atom is 0.211 e. The summed E-state index contributed by atoms with van der Waals surface area (Å²) in [5, 5.41) is 8.04. The largest absolute Gasteiger partial charge is 0.369 e. The molecule has 0 saturated heterocycles. The summed E-state index contributed by atoms with van der Waals surface area (Å²) in [6.45, 7) is 9.32. The Balaban J connectivity index is 1.98. The second-order valence-electron chi connectivity index (χ2n) is 8.71. The van der Waals surface area contributed by atoms with Crippen molar-refractivity contribution in [2.24, 2.45) is 33.0 Å². The Labute approximate surface area is 151 Å². The van der Waals surface area contributed by atoms with Crippen LogP contribution in [0, 0.1) is 11.3 Å². The number of benzene rings is 1. The smallest absolute Gasteiger partial charge is 0.211 e. The molecule has 3 rings (SSSR count). The third-order valence-electron chi connectivity index (χ3n) is 6.62. The second kappa shape index (κ2) is 6.47. The lowest BCUT2D eigenvalue weighted by Crippen LogP contribution is -2.49. The van der Waals surface area contributed by atoms with E-state index in [4.69, 9.17) is 11.5 Å². The van der Waals surface area contributed by atoms with Gasteiger partial charge in [0.15, 0.2) is 0 Å². The van der Waals surface area contributed by atoms with Gasteiger partial charge in [-0.1, -0.05) is 52.3 Å². The average molecular weight is 341 g/mol. The van der Waals surface area contributed by atoms with Crippen LogP contribution in [0.25, 0.3) is 0 Å². The van der Waals surface area contributed by atoms with E-state index in [1.54, 1.807) is 11.1 Å². The molecule has 136 valence electrons. The Hall–Kier alpha value is -1.84. The summed E-state index contributed by atoms with van der Waals surface area (Å²) in [7, 11) is 0. The first-order chi connectivity index (χ1) is 11.8. The van der Waals surface area contributed by atoms with Gasteiger partial charge in [0.25, 0.3) is 0 Å². The van der Waals surface area contributed by atoms with Gasteiger partial charge in [0.2, 0.25) is 5.96 Å². The highest BCUT2D eigenvalue weighted by molar-refractivity contribution is 5.76. The van der Waals surface area contributed by atoms with Crippen LogP contribution in [0.5, 0.6) is 0 Å². The summed E-state index contributed by atoms with van der Waals surface area (Å²) in [4.78, 5) is 0. The predicted molar refractivity (Wildman–Crippen MR) is 106 cm³/mol. The van der Waals surface area contributed by atoms with Gasteiger partial charge in [-0.25, -0.2) is 0 Å². The Morgan fingerprint density at radius 3 is 2.68 bits per heavy atom. The average Bonchev–Trinajstić information content (AvgIpc) is 2.53. The van der Waals surface area contributed by atoms with Crippen molar-refractivity contribution in [1.29, 1.82) is 0 Å². The lowest BCUT2D eigenvalue weighted by atomic mass is 9.50. The Morgan fingerprint density at radius 1 is 1.24 bits per heavy atom. The molecule has 0 unspecified atom stereocenters. The highest BCUT2D eigenvalue weighted by Crippen LogP contribution is 2.56. The molecule has 4 N–H and O–H groups in total. The van der Waals surface area contributed by atoms with Crippen LogP contribution in [0.2, 0.25) is 0 Å². The van der Waals surface area contributed by atoms with Crippen molar-refractivity contribution < 1.29 is 0 Å². The molecular formula is C21H32N4. The first-order valence-corrected chi connectivity index (χ1v) is 9.53. The molecule has 4 nitrogen and oxygen atoms in total. The number of guanidine groups is 1. The van der Waals surface area contributed by atoms with Crippen molar-refractivity contribution >= 4 is 12.2 Å². The van der Waals surface area contributed by atoms with Crippen molar-refractivity contribution in [3.8, 4) is 0 Å². The number of fused-ring (bicyclic) bond motifs is 3. The lowest BCUT2D eigenvalue weighted by molar-refractivity contribution is 0.0809. The summed E-state index contributed by atoms with van der Waals surface area (Å²) < 4.78 is 0. The van der Waals surface area contributed by atoms with Crippen molar-refractivity contribution in [2.45, 2.75) is 71.1 Å². The highest BCUT2D eigenvalue weighted by Gasteiger charge is 2.51. The van der Waals surface area contributed by atoms with E-state index in [0.29, 0.717) is 11.8 Å². The van der Waals surface area contributed by atoms with E-state index in [1.165, 1.54) is 24.8 Å². The van der Waals surface area contributed by atoms with Crippen molar-refractivity contribution in [3.63, 3.8) is 0 Å². The predicted octanol–water partition coefficient (Wildman–Crippen LogP) is 4.08. The van der Waals surface area contributed by atoms with E-state index in [-0.39, 0.29) is 16.8 Å². The third-order valence-corrected chi connectivity index (χ3v) is 6.62. The molecular weight excluding hydrogens is 308 g/mol. The molecule has 0 spiro atoms. The fraction of sp³-hybridized carbons (Fsp3) is 0.619. The van der Waals surface area contributed by atoms with Crippen LogP contribution in [-0.4, -0.2) is 12.2 Å². The molecule has 2 aliphatic rings. The quantitative estimate of drug-likeness (QED) is 0.494. The minimum absolute atomic E-state index is 0.0219. The van der Waals surface area contributed by atoms with Gasteiger partial charge in [-0.3, -0.25) is 0 Å². The summed E-state index contributed by atoms with van der Waals surface area (Å²) in [6.07, 6.45) is 7.97. The van der Waals surface area contributed by atoms with Gasteiger partial charge in [-0.15, -0.1) is 5.10 Å². The van der Waals surface area contributed by atoms with Crippen LogP contribution in [0.15, 0.2) is 28.4 Å². The summed E-state index contributed by atoms with van der Waals surface area (Å²) in [5.74, 6) is 1.18. The number of hydrogen-bond acceptors (Lipinski definition) is 2. The summed E-state index contributed by atoms with van der Waals surface area (Å²) >= 11 is 0. The lowest BCUT2D eigenvalue weighted by Gasteiger charge is -2.54. The van der Waals surface area contributed by atoms with Gasteiger partial charge in [-0.05, 0) is 59.6 Å². The Bertz CT molecular complexity index is 702. The molecule has 0 aliphatic heterocycles. The number of hydrogen-bond donors (Lipinski definition) is 2. The van der Waals surface area contributed by atoms with Crippen LogP contribution in [0.3, 0.4) is 0 Å². The van der Waals surface area contributed by atoms with Gasteiger partial charge in [0, 0.05) is 11.6 Å². The van der Waals surface area contributed by atoms with Gasteiger partial charge in [-0.2, -0.15) is 5.10 Å². The second-order valence-corrected chi connectivity index (χ2v) is 8.71. The molecule has 0 heterocycles. The molecule has 2 aliphatic carbocycles. The van der Waals surface area contributed by atoms with E-state index in [9.17, 15) is 0 Å². The monoisotopic (exact) mass is 340 g/mol. The van der Waals surface area contributed by atoms with E-state index in [0.717, 1.165) is 12.8 Å². The van der Waals surface area contributed by atoms with Crippen LogP contribution in [-0.2, 0) is 11.8 Å². The minimum Gasteiger partial charge on any atom is -0.369 e. The van der Waals surface area contributed by atoms with E-state index in [1.807, 2.05) is 6.21 Å². The fourth-order valence-electron chi connectivity index (χ4n) is 5.30. The standard InChI is InChI=1S/C21H32N4/c1-14(2)15-6-8-17-16(12-15)7-9-18-20(3,13-24-25-19(22)23)10-5-11-21(17,18)4/h6,8,12-14,18H,5,7,9-11H2,1-4H3,(H4,22,23,25)/b24-13+/t18-,20-,21+/m0/s1. The zero-order valence-corrected chi connectivity index (χ0v) is 16.0. The molecule has 1 saturated carbocycles. The molecule has 0 amide bonds. The van der Waals surface area contributed by atoms with Crippen LogP contribution < -0.4 is 11.5 Å². The molecule has 3 atom stereocenters. The Morgan fingerprint density at radius 2 is 2.00 bits per heavy atom. The van der Waals surface area contributed by atoms with E-state index < -0.39 is 0 Å². The van der Waals surface area contributed by atoms with Crippen molar-refractivity contribution in [2.75, 3.05) is 0 Å². The first kappa shape index (κ1) is 18.0. The van der Waals surface area contributed by atoms with Gasteiger partial charge < -0.3 is 11.5 Å². The van der Waals surface area contributed by atoms with Crippen LogP contribution in [0.1, 0.15) is 76.0 Å². The van der Waals surface area contributed by atoms with Gasteiger partial charge >= 0.3 is 0 Å². The molecule has 4 heteroatoms. The van der Waals surface area contributed by atoms with E-state index in [2.05, 4.69) is 56.1 Å². The number of aryl methyl sites for hydroxylation is 1. The number of rotatable bonds is 3. The molecule has 1 fully saturated rings. The van der Waals surface area contributed by atoms with Gasteiger partial charge in [0.1, 0.15) is 0 Å². The SMILES string of the molecule is CC(C)c1ccc2c(c1)CC[C@H]1[C@](C)(/C=N/N=C(N)N)CCC[C@]21C. The van der Waals surface area contributed by atoms with Crippen molar-refractivity contribution in [1.82, 2.24) is 0 Å². The third kappa shape index (κ3) is 3.19. The molecule has 0 radical (unpaired) electrons. The topological polar surface area (TPSA) is 76.8 Å². The minimum atomic E-state index is 0.0219. The van der Waals surface area contributed by atoms with E-state index >= 15 is 0 Å². The van der Waals surface area contributed by atoms with Crippen LogP contribution >= 0.6 is 0 Å². The zero-order valence-electron chi connectivity index (χ0n) is 16.0. The summed E-state index contributed by atoms with van der Waals surface area (Å²) in [6, 6.07) is 7.17. The fourth-order valence-corrected chi connectivity index (χ4v) is 5.30. The number of nitrogens with two attached hydrogens (primary N) is 2. The van der Waals surface area contributed by atoms with Crippen molar-refractivity contribution in [3.05, 3.63) is 34.9 Å². The molecule has 0 bridgehead atoms. The summed E-state index contributed by atoms with van der Waals surface area (Å²) in [5.41, 5.74) is 15.7. The van der Waals surface area contributed by atoms with Crippen LogP contribution in [0.4, 0.5) is 0 Å². The maximum atomic E-state index is 5.42. The molecule has 25 heavy (non-hydrogen) atoms. The Kier molecular flexibility index (Phi) is 4.65. The molecule has 0 aromatic heterocycles. The maximum absolute atomic E-state index is 5.42. The molecule has 1 aromatic carbocycles. The zero-order chi connectivity index (χ0) is 18.2.